The van der Waals surface area contributed by atoms with Crippen LogP contribution in [0.2, 0.25) is 0 Å². The molecule has 6 nitrogen and oxygen atoms in total. The highest BCUT2D eigenvalue weighted by Gasteiger charge is 2.09. The summed E-state index contributed by atoms with van der Waals surface area (Å²) in [5.41, 5.74) is 0.894. The Bertz CT molecular complexity index is 610. The number of rotatable bonds is 10. The molecule has 0 radical (unpaired) electrons. The molecule has 1 N–H and O–H groups in total. The summed E-state index contributed by atoms with van der Waals surface area (Å²) in [6.07, 6.45) is 5.48. The van der Waals surface area contributed by atoms with Gasteiger partial charge in [0.05, 0.1) is 26.4 Å². The molecule has 1 saturated heterocycles. The first-order chi connectivity index (χ1) is 13.1. The van der Waals surface area contributed by atoms with Gasteiger partial charge in [0.25, 0.3) is 0 Å². The van der Waals surface area contributed by atoms with Crippen molar-refractivity contribution in [1.82, 2.24) is 10.2 Å². The normalized spacial score (nSPS) is 15.3. The van der Waals surface area contributed by atoms with Crippen molar-refractivity contribution in [2.45, 2.75) is 32.8 Å². The number of hydrogen-bond acceptors (Lipinski definition) is 5. The van der Waals surface area contributed by atoms with Gasteiger partial charge in [0.15, 0.2) is 11.5 Å². The summed E-state index contributed by atoms with van der Waals surface area (Å²) in [4.78, 5) is 14.4. The van der Waals surface area contributed by atoms with Gasteiger partial charge in [0, 0.05) is 25.7 Å². The van der Waals surface area contributed by atoms with Gasteiger partial charge in [-0.3, -0.25) is 9.69 Å². The molecule has 1 aromatic rings. The average Bonchev–Trinajstić information content (AvgIpc) is 2.67. The average molecular weight is 376 g/mol. The zero-order chi connectivity index (χ0) is 19.5. The molecule has 1 fully saturated rings. The summed E-state index contributed by atoms with van der Waals surface area (Å²) in [6, 6.07) is 5.64. The predicted molar refractivity (Wildman–Crippen MR) is 107 cm³/mol. The molecule has 0 saturated carbocycles. The summed E-state index contributed by atoms with van der Waals surface area (Å²) < 4.78 is 16.4. The van der Waals surface area contributed by atoms with Crippen molar-refractivity contribution < 1.29 is 19.0 Å². The van der Waals surface area contributed by atoms with Crippen molar-refractivity contribution in [3.63, 3.8) is 0 Å². The molecule has 0 aromatic heterocycles. The van der Waals surface area contributed by atoms with Crippen LogP contribution in [-0.2, 0) is 9.53 Å². The van der Waals surface area contributed by atoms with Crippen LogP contribution in [0, 0.1) is 0 Å². The van der Waals surface area contributed by atoms with Crippen molar-refractivity contribution >= 4 is 12.0 Å². The lowest BCUT2D eigenvalue weighted by molar-refractivity contribution is -0.116. The first kappa shape index (κ1) is 21.3. The Labute approximate surface area is 162 Å². The van der Waals surface area contributed by atoms with Gasteiger partial charge in [-0.15, -0.1) is 0 Å². The molecule has 1 amide bonds. The summed E-state index contributed by atoms with van der Waals surface area (Å²) >= 11 is 0. The Morgan fingerprint density at radius 1 is 1.26 bits per heavy atom. The van der Waals surface area contributed by atoms with Gasteiger partial charge in [-0.2, -0.15) is 0 Å². The zero-order valence-corrected chi connectivity index (χ0v) is 16.7. The van der Waals surface area contributed by atoms with E-state index < -0.39 is 0 Å². The van der Waals surface area contributed by atoms with Crippen LogP contribution >= 0.6 is 0 Å². The third-order valence-electron chi connectivity index (χ3n) is 4.28. The molecule has 0 aliphatic carbocycles. The molecule has 2 rings (SSSR count). The second-order valence-corrected chi connectivity index (χ2v) is 6.86. The predicted octanol–water partition coefficient (Wildman–Crippen LogP) is 2.72. The molecule has 0 spiro atoms. The van der Waals surface area contributed by atoms with Gasteiger partial charge in [0.1, 0.15) is 0 Å². The highest BCUT2D eigenvalue weighted by Crippen LogP contribution is 2.29. The number of amides is 1. The number of methoxy groups -OCH3 is 1. The summed E-state index contributed by atoms with van der Waals surface area (Å²) in [7, 11) is 1.61. The van der Waals surface area contributed by atoms with Crippen LogP contribution in [0.25, 0.3) is 6.08 Å². The molecular formula is C21H32N2O4. The molecule has 0 bridgehead atoms. The molecule has 150 valence electrons. The number of nitrogens with zero attached hydrogens (tertiary/aromatic N) is 1. The third kappa shape index (κ3) is 8.01. The van der Waals surface area contributed by atoms with Gasteiger partial charge >= 0.3 is 0 Å². The highest BCUT2D eigenvalue weighted by atomic mass is 16.5. The molecule has 6 heteroatoms. The standard InChI is InChI=1S/C21H32N2O4/c1-17(2)27-19-8-6-18(16-20(19)25-3)7-9-21(24)22-10-4-5-11-23-12-14-26-15-13-23/h6-9,16-17H,4-5,10-15H2,1-3H3,(H,22,24)/b9-7+. The van der Waals surface area contributed by atoms with Crippen molar-refractivity contribution in [1.29, 1.82) is 0 Å². The second-order valence-electron chi connectivity index (χ2n) is 6.86. The van der Waals surface area contributed by atoms with Gasteiger partial charge in [0.2, 0.25) is 5.91 Å². The zero-order valence-electron chi connectivity index (χ0n) is 16.7. The molecule has 1 heterocycles. The Morgan fingerprint density at radius 3 is 2.74 bits per heavy atom. The van der Waals surface area contributed by atoms with E-state index in [0.29, 0.717) is 18.0 Å². The molecule has 0 unspecified atom stereocenters. The maximum Gasteiger partial charge on any atom is 0.243 e. The fraction of sp³-hybridized carbons (Fsp3) is 0.571. The smallest absolute Gasteiger partial charge is 0.243 e. The third-order valence-corrected chi connectivity index (χ3v) is 4.28. The molecule has 1 aromatic carbocycles. The van der Waals surface area contributed by atoms with Crippen molar-refractivity contribution in [3.05, 3.63) is 29.8 Å². The van der Waals surface area contributed by atoms with Crippen LogP contribution < -0.4 is 14.8 Å². The Kier molecular flexibility index (Phi) is 9.15. The minimum Gasteiger partial charge on any atom is -0.493 e. The van der Waals surface area contributed by atoms with E-state index in [0.717, 1.165) is 51.3 Å². The monoisotopic (exact) mass is 376 g/mol. The summed E-state index contributed by atoms with van der Waals surface area (Å²) in [6.45, 7) is 9.39. The number of morpholine rings is 1. The largest absolute Gasteiger partial charge is 0.493 e. The van der Waals surface area contributed by atoms with Crippen molar-refractivity contribution in [2.75, 3.05) is 46.5 Å². The van der Waals surface area contributed by atoms with Gasteiger partial charge in [-0.25, -0.2) is 0 Å². The van der Waals surface area contributed by atoms with Crippen molar-refractivity contribution in [2.24, 2.45) is 0 Å². The number of benzene rings is 1. The van der Waals surface area contributed by atoms with E-state index in [-0.39, 0.29) is 12.0 Å². The number of hydrogen-bond donors (Lipinski definition) is 1. The lowest BCUT2D eigenvalue weighted by Gasteiger charge is -2.26. The van der Waals surface area contributed by atoms with Crippen LogP contribution in [0.1, 0.15) is 32.3 Å². The fourth-order valence-electron chi connectivity index (χ4n) is 2.87. The Hall–Kier alpha value is -2.05. The van der Waals surface area contributed by atoms with Crippen LogP contribution in [0.15, 0.2) is 24.3 Å². The molecule has 27 heavy (non-hydrogen) atoms. The maximum absolute atomic E-state index is 12.0. The molecule has 1 aliphatic heterocycles. The van der Waals surface area contributed by atoms with E-state index in [9.17, 15) is 4.79 Å². The van der Waals surface area contributed by atoms with E-state index in [2.05, 4.69) is 10.2 Å². The molecular weight excluding hydrogens is 344 g/mol. The molecule has 0 atom stereocenters. The van der Waals surface area contributed by atoms with Crippen LogP contribution in [0.4, 0.5) is 0 Å². The number of carbonyl (C=O) groups excluding carboxylic acids is 1. The lowest BCUT2D eigenvalue weighted by atomic mass is 10.2. The van der Waals surface area contributed by atoms with Crippen LogP contribution in [-0.4, -0.2) is 63.4 Å². The fourth-order valence-corrected chi connectivity index (χ4v) is 2.87. The maximum atomic E-state index is 12.0. The van der Waals surface area contributed by atoms with Gasteiger partial charge in [-0.1, -0.05) is 6.07 Å². The Morgan fingerprint density at radius 2 is 2.04 bits per heavy atom. The number of unbranched alkanes of at least 4 members (excludes halogenated alkanes) is 1. The molecule has 1 aliphatic rings. The van der Waals surface area contributed by atoms with E-state index in [1.54, 1.807) is 19.3 Å². The number of carbonyl (C=O) groups is 1. The topological polar surface area (TPSA) is 60.0 Å². The minimum absolute atomic E-state index is 0.0781. The second kappa shape index (κ2) is 11.6. The Balaban J connectivity index is 1.70. The minimum atomic E-state index is -0.0807. The van der Waals surface area contributed by atoms with Crippen LogP contribution in [0.5, 0.6) is 11.5 Å². The lowest BCUT2D eigenvalue weighted by Crippen LogP contribution is -2.37. The van der Waals surface area contributed by atoms with Crippen molar-refractivity contribution in [3.8, 4) is 11.5 Å². The van der Waals surface area contributed by atoms with E-state index in [1.165, 1.54) is 0 Å². The van der Waals surface area contributed by atoms with E-state index in [4.69, 9.17) is 14.2 Å². The number of nitrogens with one attached hydrogen (secondary N) is 1. The van der Waals surface area contributed by atoms with Crippen LogP contribution in [0.3, 0.4) is 0 Å². The van der Waals surface area contributed by atoms with E-state index in [1.807, 2.05) is 32.0 Å². The van der Waals surface area contributed by atoms with E-state index >= 15 is 0 Å². The first-order valence-corrected chi connectivity index (χ1v) is 9.69. The highest BCUT2D eigenvalue weighted by molar-refractivity contribution is 5.91. The summed E-state index contributed by atoms with van der Waals surface area (Å²) in [5.74, 6) is 1.28. The first-order valence-electron chi connectivity index (χ1n) is 9.69. The number of ether oxygens (including phenoxy) is 3. The quantitative estimate of drug-likeness (QED) is 0.503. The summed E-state index contributed by atoms with van der Waals surface area (Å²) in [5, 5.41) is 2.93. The van der Waals surface area contributed by atoms with Gasteiger partial charge in [-0.05, 0) is 57.0 Å². The SMILES string of the molecule is COc1cc(/C=C/C(=O)NCCCCN2CCOCC2)ccc1OC(C)C. The van der Waals surface area contributed by atoms with Gasteiger partial charge < -0.3 is 19.5 Å².